The number of rotatable bonds is 4. The summed E-state index contributed by atoms with van der Waals surface area (Å²) in [5, 5.41) is 2.84. The number of hydrogen-bond acceptors (Lipinski definition) is 3. The molecule has 1 aromatic rings. The van der Waals surface area contributed by atoms with E-state index in [1.54, 1.807) is 0 Å². The molecule has 1 aliphatic rings. The fraction of sp³-hybridized carbons (Fsp3) is 0.588. The molecule has 0 aliphatic carbocycles. The SMILES string of the molecule is CC(=O)Nc1cccc(CN2CC(CN)C(C)CC2C)c1. The molecule has 1 aromatic carbocycles. The predicted molar refractivity (Wildman–Crippen MR) is 86.9 cm³/mol. The van der Waals surface area contributed by atoms with E-state index < -0.39 is 0 Å². The van der Waals surface area contributed by atoms with Gasteiger partial charge in [-0.3, -0.25) is 9.69 Å². The smallest absolute Gasteiger partial charge is 0.221 e. The second-order valence-electron chi connectivity index (χ2n) is 6.37. The Balaban J connectivity index is 2.04. The number of likely N-dealkylation sites (tertiary alicyclic amines) is 1. The summed E-state index contributed by atoms with van der Waals surface area (Å²) in [6, 6.07) is 8.68. The average molecular weight is 289 g/mol. The first kappa shape index (κ1) is 16.0. The molecule has 1 amide bonds. The number of piperidine rings is 1. The lowest BCUT2D eigenvalue weighted by Gasteiger charge is -2.41. The Morgan fingerprint density at radius 1 is 1.43 bits per heavy atom. The molecule has 116 valence electrons. The maximum absolute atomic E-state index is 11.1. The number of anilines is 1. The van der Waals surface area contributed by atoms with Crippen LogP contribution in [0.5, 0.6) is 0 Å². The first-order valence-electron chi connectivity index (χ1n) is 7.80. The van der Waals surface area contributed by atoms with Gasteiger partial charge in [0.15, 0.2) is 0 Å². The predicted octanol–water partition coefficient (Wildman–Crippen LogP) is 2.45. The van der Waals surface area contributed by atoms with Crippen molar-refractivity contribution in [3.63, 3.8) is 0 Å². The van der Waals surface area contributed by atoms with Gasteiger partial charge in [0.25, 0.3) is 0 Å². The highest BCUT2D eigenvalue weighted by Crippen LogP contribution is 2.28. The molecule has 1 saturated heterocycles. The highest BCUT2D eigenvalue weighted by atomic mass is 16.1. The van der Waals surface area contributed by atoms with Crippen molar-refractivity contribution >= 4 is 11.6 Å². The fourth-order valence-electron chi connectivity index (χ4n) is 3.25. The van der Waals surface area contributed by atoms with Gasteiger partial charge in [-0.05, 0) is 49.4 Å². The Hall–Kier alpha value is -1.39. The summed E-state index contributed by atoms with van der Waals surface area (Å²) < 4.78 is 0. The van der Waals surface area contributed by atoms with E-state index in [2.05, 4.69) is 36.2 Å². The average Bonchev–Trinajstić information content (AvgIpc) is 2.41. The zero-order chi connectivity index (χ0) is 15.4. The molecule has 3 N–H and O–H groups in total. The maximum Gasteiger partial charge on any atom is 0.221 e. The van der Waals surface area contributed by atoms with Crippen molar-refractivity contribution in [2.24, 2.45) is 17.6 Å². The maximum atomic E-state index is 11.1. The van der Waals surface area contributed by atoms with Gasteiger partial charge >= 0.3 is 0 Å². The van der Waals surface area contributed by atoms with E-state index in [0.717, 1.165) is 25.3 Å². The number of amides is 1. The summed E-state index contributed by atoms with van der Waals surface area (Å²) in [6.07, 6.45) is 1.20. The Kier molecular flexibility index (Phi) is 5.37. The van der Waals surface area contributed by atoms with E-state index in [4.69, 9.17) is 5.73 Å². The van der Waals surface area contributed by atoms with Gasteiger partial charge in [-0.15, -0.1) is 0 Å². The summed E-state index contributed by atoms with van der Waals surface area (Å²) in [6.45, 7) is 8.87. The number of carbonyl (C=O) groups is 1. The molecule has 3 atom stereocenters. The van der Waals surface area contributed by atoms with Crippen LogP contribution in [0.3, 0.4) is 0 Å². The third kappa shape index (κ3) is 4.29. The number of carbonyl (C=O) groups excluding carboxylic acids is 1. The summed E-state index contributed by atoms with van der Waals surface area (Å²) in [7, 11) is 0. The van der Waals surface area contributed by atoms with Crippen LogP contribution in [0.25, 0.3) is 0 Å². The molecule has 4 heteroatoms. The summed E-state index contributed by atoms with van der Waals surface area (Å²) in [4.78, 5) is 13.7. The first-order chi connectivity index (χ1) is 9.99. The monoisotopic (exact) mass is 289 g/mol. The zero-order valence-electron chi connectivity index (χ0n) is 13.3. The minimum atomic E-state index is -0.0319. The first-order valence-corrected chi connectivity index (χ1v) is 7.80. The summed E-state index contributed by atoms with van der Waals surface area (Å²) in [5.74, 6) is 1.25. The van der Waals surface area contributed by atoms with Crippen LogP contribution in [-0.2, 0) is 11.3 Å². The number of benzene rings is 1. The van der Waals surface area contributed by atoms with Gasteiger partial charge in [0, 0.05) is 31.7 Å². The molecule has 0 bridgehead atoms. The standard InChI is InChI=1S/C17H27N3O/c1-12-7-13(2)20(11-16(12)9-18)10-15-5-4-6-17(8-15)19-14(3)21/h4-6,8,12-13,16H,7,9-11,18H2,1-3H3,(H,19,21). The van der Waals surface area contributed by atoms with Crippen LogP contribution in [0.4, 0.5) is 5.69 Å². The largest absolute Gasteiger partial charge is 0.330 e. The minimum absolute atomic E-state index is 0.0319. The van der Waals surface area contributed by atoms with Crippen molar-refractivity contribution in [1.29, 1.82) is 0 Å². The summed E-state index contributed by atoms with van der Waals surface area (Å²) in [5.41, 5.74) is 8.00. The molecular weight excluding hydrogens is 262 g/mol. The van der Waals surface area contributed by atoms with Gasteiger partial charge in [0.1, 0.15) is 0 Å². The van der Waals surface area contributed by atoms with Crippen LogP contribution < -0.4 is 11.1 Å². The number of nitrogens with zero attached hydrogens (tertiary/aromatic N) is 1. The van der Waals surface area contributed by atoms with Crippen LogP contribution in [0.15, 0.2) is 24.3 Å². The van der Waals surface area contributed by atoms with Crippen molar-refractivity contribution in [2.45, 2.75) is 39.8 Å². The Morgan fingerprint density at radius 2 is 2.19 bits per heavy atom. The van der Waals surface area contributed by atoms with Gasteiger partial charge in [-0.25, -0.2) is 0 Å². The van der Waals surface area contributed by atoms with Crippen molar-refractivity contribution in [1.82, 2.24) is 4.90 Å². The second-order valence-corrected chi connectivity index (χ2v) is 6.37. The van der Waals surface area contributed by atoms with Crippen molar-refractivity contribution in [3.8, 4) is 0 Å². The summed E-state index contributed by atoms with van der Waals surface area (Å²) >= 11 is 0. The number of nitrogens with two attached hydrogens (primary N) is 1. The molecule has 1 heterocycles. The molecule has 1 aliphatic heterocycles. The quantitative estimate of drug-likeness (QED) is 0.895. The van der Waals surface area contributed by atoms with E-state index in [9.17, 15) is 4.79 Å². The molecule has 0 aromatic heterocycles. The van der Waals surface area contributed by atoms with Crippen LogP contribution in [0.1, 0.15) is 32.8 Å². The molecule has 3 unspecified atom stereocenters. The molecule has 21 heavy (non-hydrogen) atoms. The number of hydrogen-bond donors (Lipinski definition) is 2. The lowest BCUT2D eigenvalue weighted by atomic mass is 9.83. The molecule has 0 saturated carbocycles. The van der Waals surface area contributed by atoms with Gasteiger partial charge in [0.2, 0.25) is 5.91 Å². The molecule has 0 spiro atoms. The highest BCUT2D eigenvalue weighted by molar-refractivity contribution is 5.88. The van der Waals surface area contributed by atoms with Crippen molar-refractivity contribution < 1.29 is 4.79 Å². The lowest BCUT2D eigenvalue weighted by molar-refractivity contribution is -0.114. The van der Waals surface area contributed by atoms with Crippen LogP contribution in [0.2, 0.25) is 0 Å². The van der Waals surface area contributed by atoms with Gasteiger partial charge in [-0.1, -0.05) is 19.1 Å². The van der Waals surface area contributed by atoms with E-state index in [0.29, 0.717) is 17.9 Å². The molecule has 4 nitrogen and oxygen atoms in total. The van der Waals surface area contributed by atoms with E-state index >= 15 is 0 Å². The molecule has 2 rings (SSSR count). The molecule has 0 radical (unpaired) electrons. The van der Waals surface area contributed by atoms with E-state index in [-0.39, 0.29) is 5.91 Å². The minimum Gasteiger partial charge on any atom is -0.330 e. The molecular formula is C17H27N3O. The van der Waals surface area contributed by atoms with Crippen LogP contribution in [0, 0.1) is 11.8 Å². The van der Waals surface area contributed by atoms with Gasteiger partial charge in [-0.2, -0.15) is 0 Å². The number of nitrogens with one attached hydrogen (secondary N) is 1. The van der Waals surface area contributed by atoms with Crippen LogP contribution >= 0.6 is 0 Å². The topological polar surface area (TPSA) is 58.4 Å². The zero-order valence-corrected chi connectivity index (χ0v) is 13.3. The highest BCUT2D eigenvalue weighted by Gasteiger charge is 2.29. The molecule has 1 fully saturated rings. The van der Waals surface area contributed by atoms with Crippen molar-refractivity contribution in [2.75, 3.05) is 18.4 Å². The Labute approximate surface area is 127 Å². The van der Waals surface area contributed by atoms with Gasteiger partial charge in [0.05, 0.1) is 0 Å². The van der Waals surface area contributed by atoms with Gasteiger partial charge < -0.3 is 11.1 Å². The second kappa shape index (κ2) is 7.05. The third-order valence-corrected chi connectivity index (χ3v) is 4.55. The third-order valence-electron chi connectivity index (χ3n) is 4.55. The normalized spacial score (nSPS) is 26.6. The fourth-order valence-corrected chi connectivity index (χ4v) is 3.25. The lowest BCUT2D eigenvalue weighted by Crippen LogP contribution is -2.46. The van der Waals surface area contributed by atoms with E-state index in [1.807, 2.05) is 12.1 Å². The Bertz CT molecular complexity index is 489. The van der Waals surface area contributed by atoms with Crippen molar-refractivity contribution in [3.05, 3.63) is 29.8 Å². The van der Waals surface area contributed by atoms with E-state index in [1.165, 1.54) is 18.9 Å². The van der Waals surface area contributed by atoms with Crippen LogP contribution in [-0.4, -0.2) is 29.9 Å². The Morgan fingerprint density at radius 3 is 2.86 bits per heavy atom.